The quantitative estimate of drug-likeness (QED) is 0.432. The van der Waals surface area contributed by atoms with Gasteiger partial charge in [0.1, 0.15) is 12.4 Å². The predicted octanol–water partition coefficient (Wildman–Crippen LogP) is 4.22. The standard InChI is InChI=1S/C29H42N4O2/c34-29(33(23-21-30-16-7-8-17-30)24-22-31-18-9-10-19-31)32(20-15-27-11-3-1-4-12-27)25-26-35-28-13-5-2-6-14-28/h1-6,11-14H,7-10,15-26H2. The van der Waals surface area contributed by atoms with Gasteiger partial charge in [-0.05, 0) is 76.0 Å². The summed E-state index contributed by atoms with van der Waals surface area (Å²) in [5.74, 6) is 0.850. The summed E-state index contributed by atoms with van der Waals surface area (Å²) in [6.07, 6.45) is 5.97. The molecule has 2 fully saturated rings. The van der Waals surface area contributed by atoms with Crippen LogP contribution in [0.5, 0.6) is 5.75 Å². The summed E-state index contributed by atoms with van der Waals surface area (Å²) in [5, 5.41) is 0. The fourth-order valence-electron chi connectivity index (χ4n) is 5.04. The van der Waals surface area contributed by atoms with E-state index < -0.39 is 0 Å². The van der Waals surface area contributed by atoms with Gasteiger partial charge in [0.05, 0.1) is 6.54 Å². The highest BCUT2D eigenvalue weighted by molar-refractivity contribution is 5.74. The normalized spacial score (nSPS) is 16.5. The van der Waals surface area contributed by atoms with Crippen LogP contribution >= 0.6 is 0 Å². The minimum atomic E-state index is 0.149. The van der Waals surface area contributed by atoms with Gasteiger partial charge in [-0.3, -0.25) is 0 Å². The van der Waals surface area contributed by atoms with Crippen molar-refractivity contribution < 1.29 is 9.53 Å². The molecule has 2 amide bonds. The molecule has 2 aromatic carbocycles. The van der Waals surface area contributed by atoms with Gasteiger partial charge in [-0.1, -0.05) is 48.5 Å². The number of hydrogen-bond donors (Lipinski definition) is 0. The number of urea groups is 1. The molecule has 2 aromatic rings. The van der Waals surface area contributed by atoms with E-state index in [1.807, 2.05) is 41.3 Å². The molecule has 6 nitrogen and oxygen atoms in total. The van der Waals surface area contributed by atoms with Crippen molar-refractivity contribution in [2.75, 3.05) is 72.1 Å². The maximum Gasteiger partial charge on any atom is 0.320 e. The summed E-state index contributed by atoms with van der Waals surface area (Å²) in [6, 6.07) is 20.5. The molecule has 2 aliphatic rings. The summed E-state index contributed by atoms with van der Waals surface area (Å²) in [7, 11) is 0. The lowest BCUT2D eigenvalue weighted by Crippen LogP contribution is -2.49. The Morgan fingerprint density at radius 1 is 0.686 bits per heavy atom. The molecule has 2 heterocycles. The molecule has 0 spiro atoms. The number of ether oxygens (including phenoxy) is 1. The van der Waals surface area contributed by atoms with Crippen LogP contribution in [-0.2, 0) is 6.42 Å². The van der Waals surface area contributed by atoms with Gasteiger partial charge in [0.2, 0.25) is 0 Å². The molecule has 0 unspecified atom stereocenters. The number of carbonyl (C=O) groups excluding carboxylic acids is 1. The molecule has 0 atom stereocenters. The van der Waals surface area contributed by atoms with Crippen molar-refractivity contribution >= 4 is 6.03 Å². The van der Waals surface area contributed by atoms with Gasteiger partial charge in [-0.25, -0.2) is 4.79 Å². The zero-order chi connectivity index (χ0) is 24.1. The number of carbonyl (C=O) groups is 1. The van der Waals surface area contributed by atoms with Crippen LogP contribution in [0.4, 0.5) is 4.79 Å². The van der Waals surface area contributed by atoms with E-state index in [1.54, 1.807) is 0 Å². The van der Waals surface area contributed by atoms with E-state index in [4.69, 9.17) is 4.74 Å². The van der Waals surface area contributed by atoms with E-state index in [-0.39, 0.29) is 6.03 Å². The lowest BCUT2D eigenvalue weighted by molar-refractivity contribution is 0.132. The monoisotopic (exact) mass is 478 g/mol. The van der Waals surface area contributed by atoms with Crippen molar-refractivity contribution in [2.24, 2.45) is 0 Å². The number of rotatable bonds is 13. The Balaban J connectivity index is 1.39. The van der Waals surface area contributed by atoms with Gasteiger partial charge in [0.25, 0.3) is 0 Å². The minimum Gasteiger partial charge on any atom is -0.492 e. The zero-order valence-electron chi connectivity index (χ0n) is 21.2. The zero-order valence-corrected chi connectivity index (χ0v) is 21.2. The number of nitrogens with zero attached hydrogens (tertiary/aromatic N) is 4. The first-order chi connectivity index (χ1) is 17.3. The molecular weight excluding hydrogens is 436 g/mol. The lowest BCUT2D eigenvalue weighted by atomic mass is 10.1. The summed E-state index contributed by atoms with van der Waals surface area (Å²) in [4.78, 5) is 23.0. The van der Waals surface area contributed by atoms with Crippen LogP contribution in [0.2, 0.25) is 0 Å². The molecule has 0 aliphatic carbocycles. The molecule has 0 aromatic heterocycles. The summed E-state index contributed by atoms with van der Waals surface area (Å²) in [5.41, 5.74) is 1.26. The Bertz CT molecular complexity index is 832. The van der Waals surface area contributed by atoms with E-state index >= 15 is 0 Å². The maximum atomic E-state index is 13.9. The number of hydrogen-bond acceptors (Lipinski definition) is 4. The number of benzene rings is 2. The van der Waals surface area contributed by atoms with Crippen LogP contribution < -0.4 is 4.74 Å². The topological polar surface area (TPSA) is 39.3 Å². The van der Waals surface area contributed by atoms with Gasteiger partial charge in [0.15, 0.2) is 0 Å². The first-order valence-electron chi connectivity index (χ1n) is 13.5. The Labute approximate surface area is 211 Å². The summed E-state index contributed by atoms with van der Waals surface area (Å²) >= 11 is 0. The third kappa shape index (κ3) is 8.55. The molecule has 4 rings (SSSR count). The number of para-hydroxylation sites is 1. The van der Waals surface area contributed by atoms with Crippen molar-refractivity contribution in [3.05, 3.63) is 66.2 Å². The Morgan fingerprint density at radius 3 is 1.77 bits per heavy atom. The van der Waals surface area contributed by atoms with Crippen molar-refractivity contribution in [1.29, 1.82) is 0 Å². The van der Waals surface area contributed by atoms with Gasteiger partial charge in [-0.15, -0.1) is 0 Å². The second kappa shape index (κ2) is 14.1. The van der Waals surface area contributed by atoms with Crippen LogP contribution in [0.3, 0.4) is 0 Å². The van der Waals surface area contributed by atoms with Crippen molar-refractivity contribution in [2.45, 2.75) is 32.1 Å². The van der Waals surface area contributed by atoms with Crippen molar-refractivity contribution in [3.63, 3.8) is 0 Å². The Morgan fingerprint density at radius 2 is 1.20 bits per heavy atom. The molecule has 2 saturated heterocycles. The fourth-order valence-corrected chi connectivity index (χ4v) is 5.04. The molecule has 35 heavy (non-hydrogen) atoms. The average Bonchev–Trinajstić information content (AvgIpc) is 3.62. The summed E-state index contributed by atoms with van der Waals surface area (Å²) in [6.45, 7) is 9.98. The largest absolute Gasteiger partial charge is 0.492 e. The summed E-state index contributed by atoms with van der Waals surface area (Å²) < 4.78 is 5.97. The van der Waals surface area contributed by atoms with Crippen LogP contribution in [0.25, 0.3) is 0 Å². The van der Waals surface area contributed by atoms with E-state index in [0.717, 1.165) is 64.5 Å². The highest BCUT2D eigenvalue weighted by Crippen LogP contribution is 2.12. The highest BCUT2D eigenvalue weighted by Gasteiger charge is 2.24. The molecule has 0 bridgehead atoms. The van der Waals surface area contributed by atoms with Gasteiger partial charge in [-0.2, -0.15) is 0 Å². The second-order valence-corrected chi connectivity index (χ2v) is 9.75. The molecule has 2 aliphatic heterocycles. The maximum absolute atomic E-state index is 13.9. The lowest BCUT2D eigenvalue weighted by Gasteiger charge is -2.33. The van der Waals surface area contributed by atoms with Crippen molar-refractivity contribution in [1.82, 2.24) is 19.6 Å². The van der Waals surface area contributed by atoms with E-state index in [1.165, 1.54) is 31.2 Å². The minimum absolute atomic E-state index is 0.149. The van der Waals surface area contributed by atoms with E-state index in [2.05, 4.69) is 39.0 Å². The molecule has 0 saturated carbocycles. The van der Waals surface area contributed by atoms with Crippen LogP contribution in [0, 0.1) is 0 Å². The first kappa shape index (κ1) is 25.5. The van der Waals surface area contributed by atoms with Crippen LogP contribution in [0.1, 0.15) is 31.2 Å². The molecule has 0 N–H and O–H groups in total. The third-order valence-corrected chi connectivity index (χ3v) is 7.20. The van der Waals surface area contributed by atoms with Crippen molar-refractivity contribution in [3.8, 4) is 5.75 Å². The van der Waals surface area contributed by atoms with E-state index in [0.29, 0.717) is 19.7 Å². The predicted molar refractivity (Wildman–Crippen MR) is 142 cm³/mol. The Hall–Kier alpha value is -2.57. The van der Waals surface area contributed by atoms with Crippen LogP contribution in [0.15, 0.2) is 60.7 Å². The van der Waals surface area contributed by atoms with Crippen LogP contribution in [-0.4, -0.2) is 97.7 Å². The third-order valence-electron chi connectivity index (χ3n) is 7.20. The smallest absolute Gasteiger partial charge is 0.320 e. The number of likely N-dealkylation sites (tertiary alicyclic amines) is 2. The average molecular weight is 479 g/mol. The molecule has 190 valence electrons. The second-order valence-electron chi connectivity index (χ2n) is 9.75. The van der Waals surface area contributed by atoms with Gasteiger partial charge in [0, 0.05) is 32.7 Å². The van der Waals surface area contributed by atoms with Gasteiger partial charge >= 0.3 is 6.03 Å². The first-order valence-corrected chi connectivity index (χ1v) is 13.5. The fraction of sp³-hybridized carbons (Fsp3) is 0.552. The molecule has 0 radical (unpaired) electrons. The molecular formula is C29H42N4O2. The van der Waals surface area contributed by atoms with E-state index in [9.17, 15) is 4.79 Å². The number of amides is 2. The van der Waals surface area contributed by atoms with Gasteiger partial charge < -0.3 is 24.3 Å². The SMILES string of the molecule is O=C(N(CCOc1ccccc1)CCc1ccccc1)N(CCN1CCCC1)CCN1CCCC1. The Kier molecular flexibility index (Phi) is 10.3. The highest BCUT2D eigenvalue weighted by atomic mass is 16.5. The molecule has 6 heteroatoms.